The maximum Gasteiger partial charge on any atom is 0.207 e. The molecular weight excluding hydrogens is 164 g/mol. The smallest absolute Gasteiger partial charge is 0.207 e. The van der Waals surface area contributed by atoms with E-state index < -0.39 is 0 Å². The molecule has 0 unspecified atom stereocenters. The first-order valence-electron chi connectivity index (χ1n) is 4.54. The Hall–Kier alpha value is -0.830. The van der Waals surface area contributed by atoms with Gasteiger partial charge >= 0.3 is 0 Å². The lowest BCUT2D eigenvalue weighted by Gasteiger charge is -2.18. The van der Waals surface area contributed by atoms with Crippen LogP contribution in [-0.4, -0.2) is 25.1 Å². The second-order valence-electron chi connectivity index (χ2n) is 3.65. The molecule has 0 atom stereocenters. The van der Waals surface area contributed by atoms with E-state index in [4.69, 9.17) is 10.5 Å². The number of hydrogen-bond donors (Lipinski definition) is 1. The maximum absolute atomic E-state index is 5.76. The van der Waals surface area contributed by atoms with Crippen LogP contribution in [0.4, 0.5) is 0 Å². The molecule has 0 saturated carbocycles. The Labute approximate surface area is 80.7 Å². The SMILES string of the molecule is CC/C=C\C(=NC)OCC(C)(C)N. The average Bonchev–Trinajstić information content (AvgIpc) is 2.03. The highest BCUT2D eigenvalue weighted by Gasteiger charge is 2.11. The molecule has 0 fully saturated rings. The van der Waals surface area contributed by atoms with Crippen molar-refractivity contribution >= 4 is 5.90 Å². The standard InChI is InChI=1S/C10H20N2O/c1-5-6-7-9(12-4)13-8-10(2,3)11/h6-7H,5,8,11H2,1-4H3/b7-6-,12-9?. The molecule has 3 nitrogen and oxygen atoms in total. The van der Waals surface area contributed by atoms with Crippen LogP contribution in [0.3, 0.4) is 0 Å². The van der Waals surface area contributed by atoms with Crippen LogP contribution in [0.1, 0.15) is 27.2 Å². The summed E-state index contributed by atoms with van der Waals surface area (Å²) in [4.78, 5) is 3.98. The highest BCUT2D eigenvalue weighted by atomic mass is 16.5. The van der Waals surface area contributed by atoms with Crippen molar-refractivity contribution in [1.29, 1.82) is 0 Å². The van der Waals surface area contributed by atoms with Crippen molar-refractivity contribution in [3.05, 3.63) is 12.2 Å². The van der Waals surface area contributed by atoms with Crippen LogP contribution in [0.2, 0.25) is 0 Å². The minimum atomic E-state index is -0.310. The minimum absolute atomic E-state index is 0.310. The van der Waals surface area contributed by atoms with E-state index in [-0.39, 0.29) is 5.54 Å². The van der Waals surface area contributed by atoms with E-state index in [0.717, 1.165) is 6.42 Å². The van der Waals surface area contributed by atoms with Gasteiger partial charge in [-0.2, -0.15) is 0 Å². The zero-order chi connectivity index (χ0) is 10.3. The molecule has 0 aromatic carbocycles. The van der Waals surface area contributed by atoms with Gasteiger partial charge in [-0.1, -0.05) is 13.0 Å². The van der Waals surface area contributed by atoms with Crippen LogP contribution in [0.15, 0.2) is 17.1 Å². The highest BCUT2D eigenvalue weighted by Crippen LogP contribution is 1.98. The molecular formula is C10H20N2O. The van der Waals surface area contributed by atoms with Crippen molar-refractivity contribution in [2.24, 2.45) is 10.7 Å². The number of aliphatic imine (C=N–C) groups is 1. The third-order valence-corrected chi connectivity index (χ3v) is 1.31. The predicted octanol–water partition coefficient (Wildman–Crippen LogP) is 1.73. The third kappa shape index (κ3) is 7.53. The average molecular weight is 184 g/mol. The summed E-state index contributed by atoms with van der Waals surface area (Å²) in [6.45, 7) is 6.39. The van der Waals surface area contributed by atoms with Gasteiger partial charge in [-0.05, 0) is 26.3 Å². The summed E-state index contributed by atoms with van der Waals surface area (Å²) in [5, 5.41) is 0. The minimum Gasteiger partial charge on any atom is -0.476 e. The van der Waals surface area contributed by atoms with E-state index >= 15 is 0 Å². The van der Waals surface area contributed by atoms with Crippen LogP contribution in [-0.2, 0) is 4.74 Å². The number of allylic oxidation sites excluding steroid dienone is 1. The van der Waals surface area contributed by atoms with Crippen molar-refractivity contribution in [2.45, 2.75) is 32.7 Å². The summed E-state index contributed by atoms with van der Waals surface area (Å²) < 4.78 is 5.40. The molecule has 0 spiro atoms. The first-order chi connectivity index (χ1) is 5.99. The Morgan fingerprint density at radius 2 is 2.15 bits per heavy atom. The molecule has 0 bridgehead atoms. The zero-order valence-corrected chi connectivity index (χ0v) is 9.00. The normalized spacial score (nSPS) is 13.8. The van der Waals surface area contributed by atoms with Crippen molar-refractivity contribution in [3.63, 3.8) is 0 Å². The monoisotopic (exact) mass is 184 g/mol. The van der Waals surface area contributed by atoms with Gasteiger partial charge in [0.15, 0.2) is 0 Å². The second kappa shape index (κ2) is 5.75. The summed E-state index contributed by atoms with van der Waals surface area (Å²) in [7, 11) is 1.71. The molecule has 0 aliphatic carbocycles. The molecule has 0 aliphatic heterocycles. The summed E-state index contributed by atoms with van der Waals surface area (Å²) in [5.41, 5.74) is 5.45. The van der Waals surface area contributed by atoms with Gasteiger partial charge in [0, 0.05) is 12.6 Å². The zero-order valence-electron chi connectivity index (χ0n) is 9.00. The molecule has 0 aromatic heterocycles. The lowest BCUT2D eigenvalue weighted by Crippen LogP contribution is -2.38. The summed E-state index contributed by atoms with van der Waals surface area (Å²) >= 11 is 0. The van der Waals surface area contributed by atoms with Crippen molar-refractivity contribution in [1.82, 2.24) is 0 Å². The van der Waals surface area contributed by atoms with Crippen LogP contribution in [0, 0.1) is 0 Å². The van der Waals surface area contributed by atoms with Crippen molar-refractivity contribution in [3.8, 4) is 0 Å². The van der Waals surface area contributed by atoms with Gasteiger partial charge in [0.25, 0.3) is 0 Å². The van der Waals surface area contributed by atoms with E-state index in [9.17, 15) is 0 Å². The molecule has 0 rings (SSSR count). The summed E-state index contributed by atoms with van der Waals surface area (Å²) in [6, 6.07) is 0. The maximum atomic E-state index is 5.76. The van der Waals surface area contributed by atoms with Gasteiger partial charge in [-0.15, -0.1) is 0 Å². The van der Waals surface area contributed by atoms with E-state index in [1.54, 1.807) is 7.05 Å². The Kier molecular flexibility index (Phi) is 5.39. The highest BCUT2D eigenvalue weighted by molar-refractivity contribution is 5.87. The lowest BCUT2D eigenvalue weighted by molar-refractivity contribution is 0.233. The van der Waals surface area contributed by atoms with Crippen molar-refractivity contribution in [2.75, 3.05) is 13.7 Å². The number of ether oxygens (including phenoxy) is 1. The first kappa shape index (κ1) is 12.2. The molecule has 0 aliphatic rings. The van der Waals surface area contributed by atoms with Crippen LogP contribution in [0.25, 0.3) is 0 Å². The largest absolute Gasteiger partial charge is 0.476 e. The van der Waals surface area contributed by atoms with Gasteiger partial charge in [-0.25, -0.2) is 0 Å². The Morgan fingerprint density at radius 3 is 2.54 bits per heavy atom. The number of hydrogen-bond acceptors (Lipinski definition) is 3. The van der Waals surface area contributed by atoms with Crippen LogP contribution in [0.5, 0.6) is 0 Å². The van der Waals surface area contributed by atoms with E-state index in [1.807, 2.05) is 26.0 Å². The molecule has 0 aromatic rings. The van der Waals surface area contributed by atoms with Gasteiger partial charge in [0.1, 0.15) is 6.61 Å². The Balaban J connectivity index is 3.95. The molecule has 0 radical (unpaired) electrons. The van der Waals surface area contributed by atoms with E-state index in [1.165, 1.54) is 0 Å². The molecule has 3 heteroatoms. The van der Waals surface area contributed by atoms with E-state index in [2.05, 4.69) is 11.9 Å². The van der Waals surface area contributed by atoms with Crippen molar-refractivity contribution < 1.29 is 4.74 Å². The fourth-order valence-electron chi connectivity index (χ4n) is 0.666. The first-order valence-corrected chi connectivity index (χ1v) is 4.54. The third-order valence-electron chi connectivity index (χ3n) is 1.31. The molecule has 76 valence electrons. The topological polar surface area (TPSA) is 47.6 Å². The Morgan fingerprint density at radius 1 is 1.54 bits per heavy atom. The number of nitrogens with zero attached hydrogens (tertiary/aromatic N) is 1. The van der Waals surface area contributed by atoms with Crippen LogP contribution >= 0.6 is 0 Å². The van der Waals surface area contributed by atoms with Crippen LogP contribution < -0.4 is 5.73 Å². The lowest BCUT2D eigenvalue weighted by atomic mass is 10.1. The number of nitrogens with two attached hydrogens (primary N) is 1. The number of rotatable bonds is 4. The molecule has 2 N–H and O–H groups in total. The molecule has 0 amide bonds. The summed E-state index contributed by atoms with van der Waals surface area (Å²) in [5.74, 6) is 0.639. The Bertz CT molecular complexity index is 190. The van der Waals surface area contributed by atoms with Gasteiger partial charge in [0.05, 0.1) is 0 Å². The predicted molar refractivity (Wildman–Crippen MR) is 57.0 cm³/mol. The quantitative estimate of drug-likeness (QED) is 0.534. The van der Waals surface area contributed by atoms with Gasteiger partial charge < -0.3 is 10.5 Å². The fourth-order valence-corrected chi connectivity index (χ4v) is 0.666. The molecule has 0 heterocycles. The van der Waals surface area contributed by atoms with Gasteiger partial charge in [-0.3, -0.25) is 4.99 Å². The molecule has 0 saturated heterocycles. The fraction of sp³-hybridized carbons (Fsp3) is 0.700. The van der Waals surface area contributed by atoms with E-state index in [0.29, 0.717) is 12.5 Å². The summed E-state index contributed by atoms with van der Waals surface area (Å²) in [6.07, 6.45) is 4.85. The van der Waals surface area contributed by atoms with Gasteiger partial charge in [0.2, 0.25) is 5.90 Å². The molecule has 13 heavy (non-hydrogen) atoms. The second-order valence-corrected chi connectivity index (χ2v) is 3.65.